The van der Waals surface area contributed by atoms with Crippen LogP contribution in [0.2, 0.25) is 0 Å². The zero-order chi connectivity index (χ0) is 19.8. The van der Waals surface area contributed by atoms with Gasteiger partial charge in [-0.2, -0.15) is 0 Å². The molecule has 0 aliphatic carbocycles. The van der Waals surface area contributed by atoms with Crippen LogP contribution in [0.1, 0.15) is 12.0 Å². The van der Waals surface area contributed by atoms with Crippen molar-refractivity contribution < 1.29 is 9.59 Å². The maximum Gasteiger partial charge on any atom is 0.241 e. The van der Waals surface area contributed by atoms with Crippen molar-refractivity contribution in [1.29, 1.82) is 0 Å². The second kappa shape index (κ2) is 9.51. The van der Waals surface area contributed by atoms with Crippen LogP contribution in [-0.4, -0.2) is 23.4 Å². The fraction of sp³-hybridized carbons (Fsp3) is 0.167. The molecule has 1 atom stereocenters. The van der Waals surface area contributed by atoms with Gasteiger partial charge in [0.15, 0.2) is 0 Å². The fourth-order valence-electron chi connectivity index (χ4n) is 3.21. The molecule has 3 rings (SSSR count). The van der Waals surface area contributed by atoms with Crippen LogP contribution < -0.4 is 4.90 Å². The minimum absolute atomic E-state index is 0.126. The number of hydrogen-bond acceptors (Lipinski definition) is 2. The number of carbonyl (C=O) groups is 2. The van der Waals surface area contributed by atoms with Crippen LogP contribution in [0.15, 0.2) is 97.6 Å². The molecule has 4 heteroatoms. The molecule has 1 aliphatic heterocycles. The van der Waals surface area contributed by atoms with Gasteiger partial charge in [-0.25, -0.2) is 0 Å². The third kappa shape index (κ3) is 4.65. The summed E-state index contributed by atoms with van der Waals surface area (Å²) in [6, 6.07) is 19.3. The first-order chi connectivity index (χ1) is 13.7. The monoisotopic (exact) mass is 372 g/mol. The number of para-hydroxylation sites is 1. The lowest BCUT2D eigenvalue weighted by Crippen LogP contribution is -2.56. The molecule has 0 N–H and O–H groups in total. The Kier molecular flexibility index (Phi) is 6.58. The molecule has 4 nitrogen and oxygen atoms in total. The summed E-state index contributed by atoms with van der Waals surface area (Å²) in [7, 11) is 0. The van der Waals surface area contributed by atoms with Crippen molar-refractivity contribution >= 4 is 17.5 Å². The van der Waals surface area contributed by atoms with Gasteiger partial charge in [0.2, 0.25) is 11.8 Å². The van der Waals surface area contributed by atoms with Crippen LogP contribution in [0, 0.1) is 5.92 Å². The molecule has 2 amide bonds. The van der Waals surface area contributed by atoms with Crippen LogP contribution in [0.3, 0.4) is 0 Å². The summed E-state index contributed by atoms with van der Waals surface area (Å²) in [5.41, 5.74) is 1.85. The molecule has 0 radical (unpaired) electrons. The first-order valence-electron chi connectivity index (χ1n) is 9.34. The lowest BCUT2D eigenvalue weighted by atomic mass is 9.98. The van der Waals surface area contributed by atoms with E-state index < -0.39 is 5.92 Å². The van der Waals surface area contributed by atoms with Gasteiger partial charge in [-0.3, -0.25) is 14.5 Å². The van der Waals surface area contributed by atoms with Crippen molar-refractivity contribution in [2.45, 2.75) is 13.0 Å². The molecule has 28 heavy (non-hydrogen) atoms. The molecule has 1 unspecified atom stereocenters. The Morgan fingerprint density at radius 2 is 1.57 bits per heavy atom. The Bertz CT molecular complexity index is 872. The number of anilines is 1. The summed E-state index contributed by atoms with van der Waals surface area (Å²) in [4.78, 5) is 29.6. The van der Waals surface area contributed by atoms with Crippen molar-refractivity contribution in [3.05, 3.63) is 103 Å². The summed E-state index contributed by atoms with van der Waals surface area (Å²) in [6.45, 7) is 4.36. The lowest BCUT2D eigenvalue weighted by molar-refractivity contribution is -0.145. The maximum atomic E-state index is 13.1. The summed E-state index contributed by atoms with van der Waals surface area (Å²) in [5, 5.41) is 0. The second-order valence-electron chi connectivity index (χ2n) is 6.60. The molecule has 1 aliphatic rings. The summed E-state index contributed by atoms with van der Waals surface area (Å²) in [6.07, 6.45) is 9.38. The SMILES string of the molecule is C=C/C=C\C=C\CC1C(=O)N(Cc2ccccc2)CN(c2ccccc2)C1=O. The van der Waals surface area contributed by atoms with E-state index in [1.807, 2.05) is 78.9 Å². The second-order valence-corrected chi connectivity index (χ2v) is 6.60. The van der Waals surface area contributed by atoms with Gasteiger partial charge in [0.05, 0.1) is 0 Å². The van der Waals surface area contributed by atoms with E-state index in [4.69, 9.17) is 0 Å². The highest BCUT2D eigenvalue weighted by molar-refractivity contribution is 6.10. The van der Waals surface area contributed by atoms with Crippen LogP contribution >= 0.6 is 0 Å². The van der Waals surface area contributed by atoms with Crippen LogP contribution in [0.25, 0.3) is 0 Å². The number of nitrogens with zero attached hydrogens (tertiary/aromatic N) is 2. The summed E-state index contributed by atoms with van der Waals surface area (Å²) >= 11 is 0. The topological polar surface area (TPSA) is 40.6 Å². The predicted molar refractivity (Wildman–Crippen MR) is 112 cm³/mol. The Balaban J connectivity index is 1.84. The number of amides is 2. The first kappa shape index (κ1) is 19.4. The smallest absolute Gasteiger partial charge is 0.241 e. The number of benzene rings is 2. The standard InChI is InChI=1S/C24H24N2O2/c1-2-3-4-5-12-17-22-23(27)25(18-20-13-8-6-9-14-20)19-26(24(22)28)21-15-10-7-11-16-21/h2-16,22H,1,17-19H2/b4-3-,12-5+. The highest BCUT2D eigenvalue weighted by atomic mass is 16.2. The predicted octanol–water partition coefficient (Wildman–Crippen LogP) is 4.32. The molecule has 0 bridgehead atoms. The fourth-order valence-corrected chi connectivity index (χ4v) is 3.21. The number of carbonyl (C=O) groups excluding carboxylic acids is 2. The molecule has 1 saturated heterocycles. The van der Waals surface area contributed by atoms with Crippen molar-refractivity contribution in [2.24, 2.45) is 5.92 Å². The van der Waals surface area contributed by atoms with Crippen molar-refractivity contribution in [3.8, 4) is 0 Å². The Morgan fingerprint density at radius 1 is 0.893 bits per heavy atom. The molecule has 1 heterocycles. The van der Waals surface area contributed by atoms with Gasteiger partial charge in [0, 0.05) is 12.2 Å². The van der Waals surface area contributed by atoms with Crippen molar-refractivity contribution in [2.75, 3.05) is 11.6 Å². The molecule has 0 aromatic heterocycles. The van der Waals surface area contributed by atoms with Crippen LogP contribution in [0.5, 0.6) is 0 Å². The van der Waals surface area contributed by atoms with E-state index >= 15 is 0 Å². The molecular formula is C24H24N2O2. The van der Waals surface area contributed by atoms with Gasteiger partial charge >= 0.3 is 0 Å². The molecule has 1 fully saturated rings. The average molecular weight is 372 g/mol. The van der Waals surface area contributed by atoms with E-state index in [2.05, 4.69) is 6.58 Å². The van der Waals surface area contributed by atoms with E-state index in [0.717, 1.165) is 11.3 Å². The Morgan fingerprint density at radius 3 is 2.25 bits per heavy atom. The van der Waals surface area contributed by atoms with Gasteiger partial charge in [0.1, 0.15) is 12.6 Å². The van der Waals surface area contributed by atoms with E-state index in [1.54, 1.807) is 22.0 Å². The quantitative estimate of drug-likeness (QED) is 0.536. The van der Waals surface area contributed by atoms with Crippen LogP contribution in [0.4, 0.5) is 5.69 Å². The minimum atomic E-state index is -0.717. The van der Waals surface area contributed by atoms with Gasteiger partial charge in [-0.15, -0.1) is 0 Å². The Hall–Kier alpha value is -3.40. The normalized spacial score (nSPS) is 17.6. The third-order valence-electron chi connectivity index (χ3n) is 4.64. The van der Waals surface area contributed by atoms with E-state index in [1.165, 1.54) is 0 Å². The van der Waals surface area contributed by atoms with Crippen LogP contribution in [-0.2, 0) is 16.1 Å². The Labute approximate surface area is 166 Å². The van der Waals surface area contributed by atoms with Crippen molar-refractivity contribution in [1.82, 2.24) is 4.90 Å². The lowest BCUT2D eigenvalue weighted by Gasteiger charge is -2.39. The van der Waals surface area contributed by atoms with E-state index in [0.29, 0.717) is 13.0 Å². The number of rotatable bonds is 7. The van der Waals surface area contributed by atoms with Gasteiger partial charge in [-0.05, 0) is 24.1 Å². The molecule has 0 saturated carbocycles. The van der Waals surface area contributed by atoms with Crippen molar-refractivity contribution in [3.63, 3.8) is 0 Å². The largest absolute Gasteiger partial charge is 0.319 e. The molecule has 2 aromatic carbocycles. The molecule has 2 aromatic rings. The zero-order valence-corrected chi connectivity index (χ0v) is 15.8. The van der Waals surface area contributed by atoms with Gasteiger partial charge in [0.25, 0.3) is 0 Å². The minimum Gasteiger partial charge on any atom is -0.319 e. The highest BCUT2D eigenvalue weighted by Gasteiger charge is 2.39. The molecular weight excluding hydrogens is 348 g/mol. The summed E-state index contributed by atoms with van der Waals surface area (Å²) < 4.78 is 0. The highest BCUT2D eigenvalue weighted by Crippen LogP contribution is 2.26. The van der Waals surface area contributed by atoms with Gasteiger partial charge < -0.3 is 4.90 Å². The third-order valence-corrected chi connectivity index (χ3v) is 4.64. The first-order valence-corrected chi connectivity index (χ1v) is 9.34. The van der Waals surface area contributed by atoms with E-state index in [-0.39, 0.29) is 18.5 Å². The average Bonchev–Trinajstić information content (AvgIpc) is 2.73. The van der Waals surface area contributed by atoms with Gasteiger partial charge in [-0.1, -0.05) is 85.5 Å². The number of hydrogen-bond donors (Lipinski definition) is 0. The number of allylic oxidation sites excluding steroid dienone is 5. The molecule has 0 spiro atoms. The zero-order valence-electron chi connectivity index (χ0n) is 15.8. The summed E-state index contributed by atoms with van der Waals surface area (Å²) in [5.74, 6) is -0.998. The van der Waals surface area contributed by atoms with E-state index in [9.17, 15) is 9.59 Å². The molecule has 142 valence electrons. The maximum absolute atomic E-state index is 13.1.